The Bertz CT molecular complexity index is 135. The van der Waals surface area contributed by atoms with Gasteiger partial charge < -0.3 is 9.47 Å². The summed E-state index contributed by atoms with van der Waals surface area (Å²) >= 11 is 0. The van der Waals surface area contributed by atoms with Crippen molar-refractivity contribution in [1.82, 2.24) is 4.90 Å². The summed E-state index contributed by atoms with van der Waals surface area (Å²) in [6.45, 7) is 8.93. The largest absolute Gasteiger partial charge is 0.375 e. The summed E-state index contributed by atoms with van der Waals surface area (Å²) in [5.41, 5.74) is 0. The molecule has 1 rings (SSSR count). The number of ether oxygens (including phenoxy) is 2. The molecule has 0 aromatic carbocycles. The third-order valence-corrected chi connectivity index (χ3v) is 2.52. The number of hydrogen-bond acceptors (Lipinski definition) is 3. The maximum absolute atomic E-state index is 5.69. The first-order valence-electron chi connectivity index (χ1n) is 5.81. The summed E-state index contributed by atoms with van der Waals surface area (Å²) in [7, 11) is 0. The van der Waals surface area contributed by atoms with Crippen LogP contribution in [0, 0.1) is 0 Å². The highest BCUT2D eigenvalue weighted by Gasteiger charge is 2.20. The predicted molar refractivity (Wildman–Crippen MR) is 57.3 cm³/mol. The summed E-state index contributed by atoms with van der Waals surface area (Å²) in [5, 5.41) is 0. The van der Waals surface area contributed by atoms with Crippen molar-refractivity contribution in [1.29, 1.82) is 0 Å². The molecule has 1 aliphatic heterocycles. The maximum Gasteiger partial charge on any atom is 0.134 e. The van der Waals surface area contributed by atoms with Gasteiger partial charge in [-0.05, 0) is 12.8 Å². The van der Waals surface area contributed by atoms with Crippen molar-refractivity contribution < 1.29 is 9.47 Å². The van der Waals surface area contributed by atoms with Gasteiger partial charge in [-0.15, -0.1) is 0 Å². The van der Waals surface area contributed by atoms with Crippen LogP contribution in [-0.2, 0) is 9.47 Å². The lowest BCUT2D eigenvalue weighted by molar-refractivity contribution is -0.154. The molecule has 14 heavy (non-hydrogen) atoms. The van der Waals surface area contributed by atoms with Crippen LogP contribution in [0.4, 0.5) is 0 Å². The maximum atomic E-state index is 5.69. The lowest BCUT2D eigenvalue weighted by Gasteiger charge is -2.33. The first-order chi connectivity index (χ1) is 6.88. The van der Waals surface area contributed by atoms with Gasteiger partial charge in [-0.1, -0.05) is 20.3 Å². The average molecular weight is 201 g/mol. The van der Waals surface area contributed by atoms with Crippen molar-refractivity contribution in [2.24, 2.45) is 0 Å². The van der Waals surface area contributed by atoms with Crippen molar-refractivity contribution in [2.75, 3.05) is 32.9 Å². The van der Waals surface area contributed by atoms with E-state index in [0.717, 1.165) is 32.9 Å². The highest BCUT2D eigenvalue weighted by atomic mass is 16.6. The minimum Gasteiger partial charge on any atom is -0.375 e. The molecule has 0 spiro atoms. The molecule has 3 nitrogen and oxygen atoms in total. The Kier molecular flexibility index (Phi) is 6.15. The molecular weight excluding hydrogens is 178 g/mol. The van der Waals surface area contributed by atoms with Crippen molar-refractivity contribution in [3.8, 4) is 0 Å². The van der Waals surface area contributed by atoms with Crippen LogP contribution >= 0.6 is 0 Å². The Labute approximate surface area is 87.4 Å². The van der Waals surface area contributed by atoms with Crippen molar-refractivity contribution in [2.45, 2.75) is 39.3 Å². The Morgan fingerprint density at radius 2 is 2.00 bits per heavy atom. The smallest absolute Gasteiger partial charge is 0.134 e. The quantitative estimate of drug-likeness (QED) is 0.655. The van der Waals surface area contributed by atoms with Crippen LogP contribution in [0.15, 0.2) is 0 Å². The van der Waals surface area contributed by atoms with Crippen LogP contribution in [0.25, 0.3) is 0 Å². The Hall–Kier alpha value is -0.120. The van der Waals surface area contributed by atoms with Gasteiger partial charge in [-0.2, -0.15) is 0 Å². The van der Waals surface area contributed by atoms with Gasteiger partial charge in [0.25, 0.3) is 0 Å². The van der Waals surface area contributed by atoms with Crippen molar-refractivity contribution in [3.63, 3.8) is 0 Å². The van der Waals surface area contributed by atoms with Crippen molar-refractivity contribution in [3.05, 3.63) is 0 Å². The monoisotopic (exact) mass is 201 g/mol. The van der Waals surface area contributed by atoms with Crippen LogP contribution in [0.5, 0.6) is 0 Å². The molecule has 1 atom stereocenters. The number of nitrogens with zero attached hydrogens (tertiary/aromatic N) is 1. The first kappa shape index (κ1) is 12.0. The zero-order valence-corrected chi connectivity index (χ0v) is 9.50. The lowest BCUT2D eigenvalue weighted by atomic mass is 10.3. The molecule has 0 bridgehead atoms. The van der Waals surface area contributed by atoms with E-state index < -0.39 is 0 Å². The van der Waals surface area contributed by atoms with E-state index in [2.05, 4.69) is 18.7 Å². The molecule has 0 aliphatic carbocycles. The standard InChI is InChI=1S/C11H23NO2/c1-3-5-7-12(6-4-2)11-10-13-8-9-14-11/h11H,3-10H2,1-2H3. The van der Waals surface area contributed by atoms with Gasteiger partial charge in [0.15, 0.2) is 0 Å². The third kappa shape index (κ3) is 3.95. The molecule has 0 radical (unpaired) electrons. The summed E-state index contributed by atoms with van der Waals surface area (Å²) in [6.07, 6.45) is 3.88. The van der Waals surface area contributed by atoms with Crippen LogP contribution < -0.4 is 0 Å². The highest BCUT2D eigenvalue weighted by molar-refractivity contribution is 4.65. The van der Waals surface area contributed by atoms with E-state index in [0.29, 0.717) is 0 Å². The predicted octanol–water partition coefficient (Wildman–Crippen LogP) is 1.87. The SMILES string of the molecule is CCCCN(CCC)C1COCCO1. The Balaban J connectivity index is 2.30. The number of rotatable bonds is 6. The second-order valence-corrected chi connectivity index (χ2v) is 3.79. The average Bonchev–Trinajstić information content (AvgIpc) is 2.25. The minimum atomic E-state index is 0.204. The van der Waals surface area contributed by atoms with Crippen LogP contribution in [-0.4, -0.2) is 44.0 Å². The molecule has 1 saturated heterocycles. The van der Waals surface area contributed by atoms with E-state index in [1.165, 1.54) is 19.3 Å². The fourth-order valence-corrected chi connectivity index (χ4v) is 1.73. The highest BCUT2D eigenvalue weighted by Crippen LogP contribution is 2.09. The zero-order chi connectivity index (χ0) is 10.2. The summed E-state index contributed by atoms with van der Waals surface area (Å²) in [5.74, 6) is 0. The van der Waals surface area contributed by atoms with Crippen molar-refractivity contribution >= 4 is 0 Å². The van der Waals surface area contributed by atoms with Gasteiger partial charge in [-0.3, -0.25) is 4.90 Å². The van der Waals surface area contributed by atoms with Gasteiger partial charge in [0.05, 0.1) is 19.8 Å². The molecule has 0 aromatic rings. The fraction of sp³-hybridized carbons (Fsp3) is 1.00. The Morgan fingerprint density at radius 1 is 1.14 bits per heavy atom. The van der Waals surface area contributed by atoms with Gasteiger partial charge in [0.2, 0.25) is 0 Å². The van der Waals surface area contributed by atoms with E-state index in [1.54, 1.807) is 0 Å². The van der Waals surface area contributed by atoms with E-state index in [1.807, 2.05) is 0 Å². The summed E-state index contributed by atoms with van der Waals surface area (Å²) < 4.78 is 11.1. The zero-order valence-electron chi connectivity index (χ0n) is 9.50. The second-order valence-electron chi connectivity index (χ2n) is 3.79. The molecule has 0 saturated carbocycles. The van der Waals surface area contributed by atoms with Crippen LogP contribution in [0.2, 0.25) is 0 Å². The molecule has 1 unspecified atom stereocenters. The molecule has 1 fully saturated rings. The molecular formula is C11H23NO2. The Morgan fingerprint density at radius 3 is 2.57 bits per heavy atom. The summed E-state index contributed by atoms with van der Waals surface area (Å²) in [4.78, 5) is 2.41. The van der Waals surface area contributed by atoms with Crippen LogP contribution in [0.1, 0.15) is 33.1 Å². The van der Waals surface area contributed by atoms with Gasteiger partial charge in [0.1, 0.15) is 6.23 Å². The molecule has 0 N–H and O–H groups in total. The molecule has 1 aliphatic rings. The third-order valence-electron chi connectivity index (χ3n) is 2.52. The van der Waals surface area contributed by atoms with E-state index >= 15 is 0 Å². The second kappa shape index (κ2) is 7.21. The van der Waals surface area contributed by atoms with Gasteiger partial charge in [0, 0.05) is 13.1 Å². The molecule has 3 heteroatoms. The number of hydrogen-bond donors (Lipinski definition) is 0. The molecule has 1 heterocycles. The normalized spacial score (nSPS) is 22.9. The van der Waals surface area contributed by atoms with E-state index in [4.69, 9.17) is 9.47 Å². The fourth-order valence-electron chi connectivity index (χ4n) is 1.73. The molecule has 0 amide bonds. The van der Waals surface area contributed by atoms with Crippen LogP contribution in [0.3, 0.4) is 0 Å². The minimum absolute atomic E-state index is 0.204. The topological polar surface area (TPSA) is 21.7 Å². The summed E-state index contributed by atoms with van der Waals surface area (Å²) in [6, 6.07) is 0. The van der Waals surface area contributed by atoms with E-state index in [9.17, 15) is 0 Å². The molecule has 0 aromatic heterocycles. The molecule has 84 valence electrons. The first-order valence-corrected chi connectivity index (χ1v) is 5.81. The number of unbranched alkanes of at least 4 members (excludes halogenated alkanes) is 1. The van der Waals surface area contributed by atoms with E-state index in [-0.39, 0.29) is 6.23 Å². The van der Waals surface area contributed by atoms with Gasteiger partial charge in [-0.25, -0.2) is 0 Å². The lowest BCUT2D eigenvalue weighted by Crippen LogP contribution is -2.45. The van der Waals surface area contributed by atoms with Gasteiger partial charge >= 0.3 is 0 Å².